The molecule has 2 heterocycles. The van der Waals surface area contributed by atoms with Crippen LogP contribution in [0, 0.1) is 13.8 Å². The molecule has 0 aliphatic heterocycles. The minimum Gasteiger partial charge on any atom is -0.290 e. The molecule has 0 saturated carbocycles. The first-order chi connectivity index (χ1) is 14.4. The summed E-state index contributed by atoms with van der Waals surface area (Å²) in [5.74, 6) is -0.576. The largest absolute Gasteiger partial charge is 0.302 e. The van der Waals surface area contributed by atoms with Gasteiger partial charge in [-0.25, -0.2) is 0 Å². The van der Waals surface area contributed by atoms with Crippen molar-refractivity contribution in [3.8, 4) is 11.3 Å². The van der Waals surface area contributed by atoms with E-state index >= 15 is 0 Å². The number of aromatic nitrogens is 4. The first-order valence-electron chi connectivity index (χ1n) is 9.09. The number of benzene rings is 2. The van der Waals surface area contributed by atoms with Crippen LogP contribution in [0.1, 0.15) is 21.7 Å². The standard InChI is InChI=1S/C21H17ClN6O2/c1-12-5-3-4-6-16(12)23-26-19-13(2)27-28(21(19)30)20(29)18-11-17(24-25-18)14-7-9-15(22)10-8-14/h3-11,27H,1-2H3,(H,24,25). The van der Waals surface area contributed by atoms with E-state index in [1.165, 1.54) is 0 Å². The average molecular weight is 421 g/mol. The zero-order chi connectivity index (χ0) is 21.3. The smallest absolute Gasteiger partial charge is 0.290 e. The number of hydrogen-bond donors (Lipinski definition) is 2. The second kappa shape index (κ2) is 7.92. The maximum absolute atomic E-state index is 12.8. The third-order valence-electron chi connectivity index (χ3n) is 4.56. The zero-order valence-electron chi connectivity index (χ0n) is 16.2. The van der Waals surface area contributed by atoms with Crippen molar-refractivity contribution in [1.29, 1.82) is 0 Å². The fourth-order valence-corrected chi connectivity index (χ4v) is 3.02. The van der Waals surface area contributed by atoms with Crippen LogP contribution < -0.4 is 5.56 Å². The van der Waals surface area contributed by atoms with Crippen LogP contribution in [-0.4, -0.2) is 25.9 Å². The number of aromatic amines is 2. The van der Waals surface area contributed by atoms with Gasteiger partial charge < -0.3 is 0 Å². The van der Waals surface area contributed by atoms with Crippen molar-refractivity contribution in [3.63, 3.8) is 0 Å². The Kier molecular flexibility index (Phi) is 5.16. The Balaban J connectivity index is 1.63. The number of carbonyl (C=O) groups excluding carboxylic acids is 1. The first-order valence-corrected chi connectivity index (χ1v) is 9.47. The normalized spacial score (nSPS) is 11.3. The number of carbonyl (C=O) groups is 1. The van der Waals surface area contributed by atoms with Crippen molar-refractivity contribution >= 4 is 28.9 Å². The Bertz CT molecular complexity index is 1310. The van der Waals surface area contributed by atoms with Gasteiger partial charge in [-0.1, -0.05) is 41.9 Å². The summed E-state index contributed by atoms with van der Waals surface area (Å²) >= 11 is 5.90. The van der Waals surface area contributed by atoms with Crippen LogP contribution in [0.2, 0.25) is 5.02 Å². The van der Waals surface area contributed by atoms with Crippen molar-refractivity contribution < 1.29 is 4.79 Å². The SMILES string of the molecule is Cc1ccccc1N=Nc1c(C)[nH]n(C(=O)c2cc(-c3ccc(Cl)cc3)n[nH]2)c1=O. The summed E-state index contributed by atoms with van der Waals surface area (Å²) in [6.45, 7) is 3.56. The molecule has 0 bridgehead atoms. The number of hydrogen-bond acceptors (Lipinski definition) is 5. The molecular weight excluding hydrogens is 404 g/mol. The van der Waals surface area contributed by atoms with E-state index in [0.717, 1.165) is 15.8 Å². The summed E-state index contributed by atoms with van der Waals surface area (Å²) in [5, 5.41) is 18.4. The summed E-state index contributed by atoms with van der Waals surface area (Å²) < 4.78 is 0.890. The molecule has 0 fully saturated rings. The van der Waals surface area contributed by atoms with Gasteiger partial charge >= 0.3 is 5.56 Å². The number of rotatable bonds is 4. The lowest BCUT2D eigenvalue weighted by atomic mass is 10.1. The highest BCUT2D eigenvalue weighted by Gasteiger charge is 2.20. The third-order valence-corrected chi connectivity index (χ3v) is 4.82. The lowest BCUT2D eigenvalue weighted by Crippen LogP contribution is -2.25. The molecule has 0 aliphatic rings. The van der Waals surface area contributed by atoms with Gasteiger partial charge in [0.2, 0.25) is 0 Å². The minimum atomic E-state index is -0.586. The van der Waals surface area contributed by atoms with Crippen LogP contribution in [0.4, 0.5) is 11.4 Å². The fraction of sp³-hybridized carbons (Fsp3) is 0.0952. The highest BCUT2D eigenvalue weighted by molar-refractivity contribution is 6.30. The van der Waals surface area contributed by atoms with E-state index in [-0.39, 0.29) is 11.4 Å². The predicted octanol–water partition coefficient (Wildman–Crippen LogP) is 4.94. The molecule has 8 nitrogen and oxygen atoms in total. The quantitative estimate of drug-likeness (QED) is 0.456. The molecule has 0 aliphatic carbocycles. The van der Waals surface area contributed by atoms with E-state index in [1.807, 2.05) is 25.1 Å². The topological polar surface area (TPSA) is 108 Å². The molecule has 0 radical (unpaired) electrons. The molecule has 0 amide bonds. The monoisotopic (exact) mass is 420 g/mol. The molecule has 0 saturated heterocycles. The van der Waals surface area contributed by atoms with Gasteiger partial charge in [-0.3, -0.25) is 19.8 Å². The van der Waals surface area contributed by atoms with E-state index in [1.54, 1.807) is 43.3 Å². The highest BCUT2D eigenvalue weighted by Crippen LogP contribution is 2.22. The molecule has 150 valence electrons. The molecule has 4 rings (SSSR count). The van der Waals surface area contributed by atoms with Crippen molar-refractivity contribution in [2.75, 3.05) is 0 Å². The van der Waals surface area contributed by atoms with Gasteiger partial charge in [-0.15, -0.1) is 5.11 Å². The minimum absolute atomic E-state index is 0.0732. The summed E-state index contributed by atoms with van der Waals surface area (Å²) in [4.78, 5) is 25.6. The van der Waals surface area contributed by atoms with E-state index in [2.05, 4.69) is 25.5 Å². The van der Waals surface area contributed by atoms with Crippen molar-refractivity contribution in [1.82, 2.24) is 20.0 Å². The molecule has 0 spiro atoms. The first kappa shape index (κ1) is 19.5. The predicted molar refractivity (Wildman–Crippen MR) is 114 cm³/mol. The lowest BCUT2D eigenvalue weighted by Gasteiger charge is -1.97. The molecule has 0 atom stereocenters. The number of aryl methyl sites for hydroxylation is 2. The molecule has 0 unspecified atom stereocenters. The van der Waals surface area contributed by atoms with Crippen LogP contribution in [0.15, 0.2) is 69.6 Å². The summed E-state index contributed by atoms with van der Waals surface area (Å²) in [7, 11) is 0. The lowest BCUT2D eigenvalue weighted by molar-refractivity contribution is 0.0936. The number of nitrogens with zero attached hydrogens (tertiary/aromatic N) is 4. The Hall–Kier alpha value is -3.78. The van der Waals surface area contributed by atoms with Gasteiger partial charge in [0.05, 0.1) is 17.1 Å². The Morgan fingerprint density at radius 1 is 1.07 bits per heavy atom. The summed E-state index contributed by atoms with van der Waals surface area (Å²) in [5.41, 5.74) is 3.01. The second-order valence-electron chi connectivity index (χ2n) is 6.69. The van der Waals surface area contributed by atoms with Crippen LogP contribution in [0.5, 0.6) is 0 Å². The van der Waals surface area contributed by atoms with E-state index < -0.39 is 11.5 Å². The van der Waals surface area contributed by atoms with Crippen molar-refractivity contribution in [3.05, 3.63) is 86.9 Å². The number of H-pyrrole nitrogens is 2. The van der Waals surface area contributed by atoms with Crippen LogP contribution in [0.25, 0.3) is 11.3 Å². The van der Waals surface area contributed by atoms with Gasteiger partial charge in [0, 0.05) is 10.6 Å². The van der Waals surface area contributed by atoms with E-state index in [9.17, 15) is 9.59 Å². The Morgan fingerprint density at radius 3 is 2.53 bits per heavy atom. The van der Waals surface area contributed by atoms with Crippen LogP contribution >= 0.6 is 11.6 Å². The van der Waals surface area contributed by atoms with Gasteiger partial charge in [-0.2, -0.15) is 14.9 Å². The molecule has 2 aromatic carbocycles. The van der Waals surface area contributed by atoms with Crippen molar-refractivity contribution in [2.24, 2.45) is 10.2 Å². The Labute approximate surface area is 176 Å². The summed E-state index contributed by atoms with van der Waals surface area (Å²) in [6, 6.07) is 16.1. The average Bonchev–Trinajstić information content (AvgIpc) is 3.33. The van der Waals surface area contributed by atoms with Gasteiger partial charge in [0.1, 0.15) is 5.69 Å². The number of halogens is 1. The fourth-order valence-electron chi connectivity index (χ4n) is 2.90. The number of azo groups is 1. The Morgan fingerprint density at radius 2 is 1.80 bits per heavy atom. The van der Waals surface area contributed by atoms with Gasteiger partial charge in [0.25, 0.3) is 5.91 Å². The zero-order valence-corrected chi connectivity index (χ0v) is 16.9. The molecule has 2 N–H and O–H groups in total. The summed E-state index contributed by atoms with van der Waals surface area (Å²) in [6.07, 6.45) is 0. The highest BCUT2D eigenvalue weighted by atomic mass is 35.5. The number of nitrogens with one attached hydrogen (secondary N) is 2. The van der Waals surface area contributed by atoms with E-state index in [0.29, 0.717) is 22.1 Å². The van der Waals surface area contributed by atoms with Crippen LogP contribution in [0.3, 0.4) is 0 Å². The second-order valence-corrected chi connectivity index (χ2v) is 7.13. The molecule has 9 heteroatoms. The van der Waals surface area contributed by atoms with E-state index in [4.69, 9.17) is 11.6 Å². The third kappa shape index (κ3) is 3.72. The van der Waals surface area contributed by atoms with Gasteiger partial charge in [0.15, 0.2) is 5.69 Å². The van der Waals surface area contributed by atoms with Crippen LogP contribution in [-0.2, 0) is 0 Å². The molecular formula is C21H17ClN6O2. The molecule has 30 heavy (non-hydrogen) atoms. The van der Waals surface area contributed by atoms with Crippen molar-refractivity contribution in [2.45, 2.75) is 13.8 Å². The van der Waals surface area contributed by atoms with Gasteiger partial charge in [-0.05, 0) is 43.7 Å². The molecule has 2 aromatic heterocycles. The maximum Gasteiger partial charge on any atom is 0.302 e. The molecule has 4 aromatic rings. The maximum atomic E-state index is 12.8.